The summed E-state index contributed by atoms with van der Waals surface area (Å²) in [6, 6.07) is 10.6. The van der Waals surface area contributed by atoms with Crippen molar-refractivity contribution < 1.29 is 8.42 Å². The minimum atomic E-state index is -3.62. The Hall–Kier alpha value is -1.72. The molecule has 22 heavy (non-hydrogen) atoms. The van der Waals surface area contributed by atoms with Crippen LogP contribution in [-0.2, 0) is 16.4 Å². The summed E-state index contributed by atoms with van der Waals surface area (Å²) in [6.45, 7) is 3.94. The molecule has 0 aromatic heterocycles. The molecule has 0 unspecified atom stereocenters. The van der Waals surface area contributed by atoms with Gasteiger partial charge in [-0.2, -0.15) is 0 Å². The molecule has 1 atom stereocenters. The van der Waals surface area contributed by atoms with Gasteiger partial charge in [-0.15, -0.1) is 0 Å². The summed E-state index contributed by atoms with van der Waals surface area (Å²) in [5, 5.41) is 3.84. The van der Waals surface area contributed by atoms with Crippen LogP contribution >= 0.6 is 11.6 Å². The first-order valence-corrected chi connectivity index (χ1v) is 8.90. The number of anilines is 2. The second-order valence-corrected chi connectivity index (χ2v) is 7.73. The van der Waals surface area contributed by atoms with E-state index in [1.54, 1.807) is 30.3 Å². The van der Waals surface area contributed by atoms with E-state index < -0.39 is 10.0 Å². The Morgan fingerprint density at radius 1 is 1.23 bits per heavy atom. The van der Waals surface area contributed by atoms with Crippen molar-refractivity contribution in [1.82, 2.24) is 0 Å². The number of rotatable bonds is 3. The lowest BCUT2D eigenvalue weighted by atomic mass is 10.1. The Morgan fingerprint density at radius 3 is 2.73 bits per heavy atom. The van der Waals surface area contributed by atoms with Crippen LogP contribution in [0.25, 0.3) is 0 Å². The highest BCUT2D eigenvalue weighted by atomic mass is 35.5. The van der Waals surface area contributed by atoms with E-state index >= 15 is 0 Å². The summed E-state index contributed by atoms with van der Waals surface area (Å²) in [5.41, 5.74) is 3.40. The van der Waals surface area contributed by atoms with Crippen molar-refractivity contribution in [3.63, 3.8) is 0 Å². The van der Waals surface area contributed by atoms with Crippen LogP contribution < -0.4 is 10.0 Å². The van der Waals surface area contributed by atoms with E-state index in [-0.39, 0.29) is 4.90 Å². The summed E-state index contributed by atoms with van der Waals surface area (Å²) < 4.78 is 27.6. The molecule has 0 saturated carbocycles. The molecular weight excluding hydrogens is 320 g/mol. The van der Waals surface area contributed by atoms with Gasteiger partial charge in [-0.3, -0.25) is 4.72 Å². The predicted octanol–water partition coefficient (Wildman–Crippen LogP) is 3.81. The fourth-order valence-electron chi connectivity index (χ4n) is 2.56. The van der Waals surface area contributed by atoms with Gasteiger partial charge in [0, 0.05) is 16.8 Å². The molecule has 1 heterocycles. The first-order chi connectivity index (χ1) is 10.3. The molecule has 0 amide bonds. The summed E-state index contributed by atoms with van der Waals surface area (Å²) in [5.74, 6) is 0. The third-order valence-electron chi connectivity index (χ3n) is 3.74. The van der Waals surface area contributed by atoms with Crippen LogP contribution in [0.4, 0.5) is 11.4 Å². The molecule has 1 aliphatic heterocycles. The van der Waals surface area contributed by atoms with E-state index in [1.807, 2.05) is 13.0 Å². The van der Waals surface area contributed by atoms with Crippen LogP contribution in [0.3, 0.4) is 0 Å². The average Bonchev–Trinajstić information content (AvgIpc) is 2.81. The fourth-order valence-corrected chi connectivity index (χ4v) is 3.84. The van der Waals surface area contributed by atoms with Gasteiger partial charge in [-0.25, -0.2) is 8.42 Å². The van der Waals surface area contributed by atoms with Crippen molar-refractivity contribution >= 4 is 33.0 Å². The van der Waals surface area contributed by atoms with E-state index in [9.17, 15) is 8.42 Å². The molecule has 0 fully saturated rings. The SMILES string of the molecule is Cc1ccc(NS(=O)(=O)c2ccc3c(c2)C[C@@H](C)N3)cc1Cl. The van der Waals surface area contributed by atoms with Gasteiger partial charge in [-0.05, 0) is 61.7 Å². The first kappa shape index (κ1) is 15.2. The van der Waals surface area contributed by atoms with Gasteiger partial charge in [0.1, 0.15) is 0 Å². The number of nitrogens with one attached hydrogen (secondary N) is 2. The van der Waals surface area contributed by atoms with Crippen molar-refractivity contribution in [2.45, 2.75) is 31.2 Å². The van der Waals surface area contributed by atoms with Crippen molar-refractivity contribution in [1.29, 1.82) is 0 Å². The Bertz CT molecular complexity index is 834. The molecule has 0 saturated heterocycles. The standard InChI is InChI=1S/C16H17ClN2O2S/c1-10-3-4-13(9-15(10)17)19-22(20,21)14-5-6-16-12(8-14)7-11(2)18-16/h3-6,8-9,11,18-19H,7H2,1-2H3/t11-/m1/s1. The van der Waals surface area contributed by atoms with Gasteiger partial charge in [0.2, 0.25) is 0 Å². The van der Waals surface area contributed by atoms with Gasteiger partial charge in [0.15, 0.2) is 0 Å². The zero-order valence-corrected chi connectivity index (χ0v) is 13.9. The summed E-state index contributed by atoms with van der Waals surface area (Å²) in [7, 11) is -3.62. The number of hydrogen-bond acceptors (Lipinski definition) is 3. The van der Waals surface area contributed by atoms with Crippen LogP contribution in [0.5, 0.6) is 0 Å². The second kappa shape index (κ2) is 5.48. The normalized spacial score (nSPS) is 17.0. The van der Waals surface area contributed by atoms with E-state index in [0.717, 1.165) is 23.2 Å². The number of halogens is 1. The maximum absolute atomic E-state index is 12.5. The monoisotopic (exact) mass is 336 g/mol. The number of sulfonamides is 1. The first-order valence-electron chi connectivity index (χ1n) is 7.03. The van der Waals surface area contributed by atoms with Crippen molar-refractivity contribution in [2.75, 3.05) is 10.0 Å². The highest BCUT2D eigenvalue weighted by Crippen LogP contribution is 2.29. The van der Waals surface area contributed by atoms with Gasteiger partial charge in [0.05, 0.1) is 10.6 Å². The van der Waals surface area contributed by atoms with Gasteiger partial charge < -0.3 is 5.32 Å². The number of benzene rings is 2. The molecule has 6 heteroatoms. The molecule has 3 rings (SSSR count). The third-order valence-corrected chi connectivity index (χ3v) is 5.53. The smallest absolute Gasteiger partial charge is 0.261 e. The molecule has 1 aliphatic rings. The Kier molecular flexibility index (Phi) is 3.78. The highest BCUT2D eigenvalue weighted by molar-refractivity contribution is 7.92. The van der Waals surface area contributed by atoms with Crippen LogP contribution in [0.15, 0.2) is 41.3 Å². The van der Waals surface area contributed by atoms with Crippen LogP contribution in [0.2, 0.25) is 5.02 Å². The molecule has 116 valence electrons. The molecule has 0 aliphatic carbocycles. The largest absolute Gasteiger partial charge is 0.382 e. The Balaban J connectivity index is 1.90. The number of hydrogen-bond donors (Lipinski definition) is 2. The maximum atomic E-state index is 12.5. The van der Waals surface area contributed by atoms with E-state index in [2.05, 4.69) is 17.0 Å². The Labute approximate surface area is 135 Å². The van der Waals surface area contributed by atoms with Crippen LogP contribution in [0, 0.1) is 6.92 Å². The van der Waals surface area contributed by atoms with Crippen molar-refractivity contribution in [2.24, 2.45) is 0 Å². The van der Waals surface area contributed by atoms with E-state index in [4.69, 9.17) is 11.6 Å². The predicted molar refractivity (Wildman–Crippen MR) is 90.2 cm³/mol. The summed E-state index contributed by atoms with van der Waals surface area (Å²) in [4.78, 5) is 0.263. The van der Waals surface area contributed by atoms with Crippen LogP contribution in [0.1, 0.15) is 18.1 Å². The van der Waals surface area contributed by atoms with Gasteiger partial charge in [-0.1, -0.05) is 17.7 Å². The highest BCUT2D eigenvalue weighted by Gasteiger charge is 2.21. The molecule has 2 aromatic rings. The molecule has 4 nitrogen and oxygen atoms in total. The zero-order chi connectivity index (χ0) is 15.9. The molecule has 0 bridgehead atoms. The molecule has 0 spiro atoms. The minimum Gasteiger partial charge on any atom is -0.382 e. The molecule has 0 radical (unpaired) electrons. The maximum Gasteiger partial charge on any atom is 0.261 e. The summed E-state index contributed by atoms with van der Waals surface area (Å²) >= 11 is 6.04. The fraction of sp³-hybridized carbons (Fsp3) is 0.250. The summed E-state index contributed by atoms with van der Waals surface area (Å²) in [6.07, 6.45) is 0.828. The van der Waals surface area contributed by atoms with Crippen molar-refractivity contribution in [3.05, 3.63) is 52.5 Å². The number of fused-ring (bicyclic) bond motifs is 1. The third kappa shape index (κ3) is 2.91. The topological polar surface area (TPSA) is 58.2 Å². The minimum absolute atomic E-state index is 0.263. The molecule has 2 N–H and O–H groups in total. The van der Waals surface area contributed by atoms with Crippen LogP contribution in [-0.4, -0.2) is 14.5 Å². The Morgan fingerprint density at radius 2 is 2.00 bits per heavy atom. The van der Waals surface area contributed by atoms with E-state index in [1.165, 1.54) is 0 Å². The quantitative estimate of drug-likeness (QED) is 0.896. The molecule has 2 aromatic carbocycles. The van der Waals surface area contributed by atoms with Gasteiger partial charge in [0.25, 0.3) is 10.0 Å². The second-order valence-electron chi connectivity index (χ2n) is 5.64. The lowest BCUT2D eigenvalue weighted by Gasteiger charge is -2.10. The van der Waals surface area contributed by atoms with Crippen molar-refractivity contribution in [3.8, 4) is 0 Å². The lowest BCUT2D eigenvalue weighted by Crippen LogP contribution is -2.13. The average molecular weight is 337 g/mol. The van der Waals surface area contributed by atoms with Gasteiger partial charge >= 0.3 is 0 Å². The number of aryl methyl sites for hydroxylation is 1. The van der Waals surface area contributed by atoms with E-state index in [0.29, 0.717) is 16.8 Å². The zero-order valence-electron chi connectivity index (χ0n) is 12.4. The lowest BCUT2D eigenvalue weighted by molar-refractivity contribution is 0.601. The molecular formula is C16H17ClN2O2S.